The Labute approximate surface area is 138 Å². The van der Waals surface area contributed by atoms with Gasteiger partial charge in [-0.05, 0) is 43.9 Å². The molecule has 2 fully saturated rings. The zero-order valence-corrected chi connectivity index (χ0v) is 13.6. The summed E-state index contributed by atoms with van der Waals surface area (Å²) in [6, 6.07) is 16.3. The van der Waals surface area contributed by atoms with Gasteiger partial charge in [0.05, 0.1) is 0 Å². The molecule has 4 rings (SSSR count). The molecule has 120 valence electrons. The van der Waals surface area contributed by atoms with Crippen molar-refractivity contribution in [2.45, 2.75) is 50.7 Å². The summed E-state index contributed by atoms with van der Waals surface area (Å²) in [6.07, 6.45) is 8.34. The van der Waals surface area contributed by atoms with Crippen molar-refractivity contribution in [1.82, 2.24) is 9.88 Å². The van der Waals surface area contributed by atoms with Gasteiger partial charge in [-0.3, -0.25) is 4.90 Å². The van der Waals surface area contributed by atoms with Crippen LogP contribution in [0.3, 0.4) is 0 Å². The van der Waals surface area contributed by atoms with Crippen LogP contribution in [-0.2, 0) is 6.54 Å². The predicted octanol–water partition coefficient (Wildman–Crippen LogP) is 4.38. The standard InChI is InChI=1S/C20H25N3/c1-2-7-16(8-3-1)15-23-14-5-4-10-19(23)18-9-6-13-21-20(18)22-17-11-12-17/h1-3,6-9,13,17,19H,4-5,10-12,14-15H2,(H,21,22)/t19-/m1/s1. The van der Waals surface area contributed by atoms with E-state index in [0.717, 1.165) is 12.4 Å². The number of likely N-dealkylation sites (tertiary alicyclic amines) is 1. The molecular formula is C20H25N3. The van der Waals surface area contributed by atoms with Gasteiger partial charge in [-0.15, -0.1) is 0 Å². The minimum Gasteiger partial charge on any atom is -0.367 e. The minimum atomic E-state index is 0.485. The monoisotopic (exact) mass is 307 g/mol. The molecule has 1 saturated heterocycles. The number of aromatic nitrogens is 1. The van der Waals surface area contributed by atoms with Crippen molar-refractivity contribution in [2.24, 2.45) is 0 Å². The third-order valence-electron chi connectivity index (χ3n) is 4.96. The highest BCUT2D eigenvalue weighted by molar-refractivity contribution is 5.47. The number of hydrogen-bond donors (Lipinski definition) is 1. The highest BCUT2D eigenvalue weighted by Crippen LogP contribution is 2.36. The van der Waals surface area contributed by atoms with E-state index in [2.05, 4.69) is 57.7 Å². The largest absolute Gasteiger partial charge is 0.367 e. The average molecular weight is 307 g/mol. The quantitative estimate of drug-likeness (QED) is 0.888. The molecule has 2 aromatic rings. The lowest BCUT2D eigenvalue weighted by Crippen LogP contribution is -2.33. The molecular weight excluding hydrogens is 282 g/mol. The lowest BCUT2D eigenvalue weighted by Gasteiger charge is -2.36. The maximum Gasteiger partial charge on any atom is 0.130 e. The van der Waals surface area contributed by atoms with Crippen molar-refractivity contribution in [3.63, 3.8) is 0 Å². The van der Waals surface area contributed by atoms with Crippen molar-refractivity contribution in [1.29, 1.82) is 0 Å². The Kier molecular flexibility index (Phi) is 4.29. The fraction of sp³-hybridized carbons (Fsp3) is 0.450. The molecule has 1 saturated carbocycles. The minimum absolute atomic E-state index is 0.485. The smallest absolute Gasteiger partial charge is 0.130 e. The molecule has 0 unspecified atom stereocenters. The van der Waals surface area contributed by atoms with E-state index in [9.17, 15) is 0 Å². The van der Waals surface area contributed by atoms with E-state index in [-0.39, 0.29) is 0 Å². The third kappa shape index (κ3) is 3.56. The van der Waals surface area contributed by atoms with E-state index < -0.39 is 0 Å². The van der Waals surface area contributed by atoms with Gasteiger partial charge in [-0.25, -0.2) is 4.98 Å². The molecule has 1 aromatic heterocycles. The summed E-state index contributed by atoms with van der Waals surface area (Å²) in [5.41, 5.74) is 2.79. The molecule has 1 aliphatic heterocycles. The highest BCUT2D eigenvalue weighted by Gasteiger charge is 2.28. The molecule has 1 atom stereocenters. The highest BCUT2D eigenvalue weighted by atomic mass is 15.2. The van der Waals surface area contributed by atoms with Crippen molar-refractivity contribution >= 4 is 5.82 Å². The van der Waals surface area contributed by atoms with Crippen LogP contribution in [0, 0.1) is 0 Å². The molecule has 0 amide bonds. The second-order valence-electron chi connectivity index (χ2n) is 6.83. The average Bonchev–Trinajstić information content (AvgIpc) is 3.41. The molecule has 1 aromatic carbocycles. The molecule has 1 N–H and O–H groups in total. The molecule has 2 heterocycles. The maximum atomic E-state index is 4.64. The first-order valence-electron chi connectivity index (χ1n) is 8.89. The Morgan fingerprint density at radius 3 is 2.70 bits per heavy atom. The molecule has 23 heavy (non-hydrogen) atoms. The summed E-state index contributed by atoms with van der Waals surface area (Å²) >= 11 is 0. The lowest BCUT2D eigenvalue weighted by atomic mass is 9.95. The van der Waals surface area contributed by atoms with Crippen LogP contribution in [0.1, 0.15) is 49.3 Å². The van der Waals surface area contributed by atoms with Crippen molar-refractivity contribution in [3.05, 3.63) is 59.8 Å². The number of pyridine rings is 1. The summed E-state index contributed by atoms with van der Waals surface area (Å²) in [7, 11) is 0. The number of piperidine rings is 1. The third-order valence-corrected chi connectivity index (χ3v) is 4.96. The van der Waals surface area contributed by atoms with Gasteiger partial charge in [0.25, 0.3) is 0 Å². The van der Waals surface area contributed by atoms with Gasteiger partial charge in [0.1, 0.15) is 5.82 Å². The van der Waals surface area contributed by atoms with Crippen LogP contribution >= 0.6 is 0 Å². The van der Waals surface area contributed by atoms with E-state index in [0.29, 0.717) is 12.1 Å². The maximum absolute atomic E-state index is 4.64. The van der Waals surface area contributed by atoms with Crippen LogP contribution in [0.5, 0.6) is 0 Å². The molecule has 2 aliphatic rings. The van der Waals surface area contributed by atoms with Gasteiger partial charge >= 0.3 is 0 Å². The van der Waals surface area contributed by atoms with Crippen LogP contribution in [-0.4, -0.2) is 22.5 Å². The summed E-state index contributed by atoms with van der Waals surface area (Å²) in [4.78, 5) is 7.27. The van der Waals surface area contributed by atoms with E-state index >= 15 is 0 Å². The number of nitrogens with one attached hydrogen (secondary N) is 1. The number of nitrogens with zero attached hydrogens (tertiary/aromatic N) is 2. The molecule has 3 nitrogen and oxygen atoms in total. The first-order chi connectivity index (χ1) is 11.4. The van der Waals surface area contributed by atoms with E-state index in [1.54, 1.807) is 0 Å². The van der Waals surface area contributed by atoms with Gasteiger partial charge in [0.2, 0.25) is 0 Å². The topological polar surface area (TPSA) is 28.2 Å². The zero-order valence-electron chi connectivity index (χ0n) is 13.6. The number of rotatable bonds is 5. The second-order valence-corrected chi connectivity index (χ2v) is 6.83. The van der Waals surface area contributed by atoms with Crippen LogP contribution in [0.4, 0.5) is 5.82 Å². The lowest BCUT2D eigenvalue weighted by molar-refractivity contribution is 0.140. The van der Waals surface area contributed by atoms with Gasteiger partial charge in [0.15, 0.2) is 0 Å². The fourth-order valence-corrected chi connectivity index (χ4v) is 3.58. The van der Waals surface area contributed by atoms with Crippen LogP contribution < -0.4 is 5.32 Å². The van der Waals surface area contributed by atoms with Crippen LogP contribution in [0.25, 0.3) is 0 Å². The normalized spacial score (nSPS) is 22.0. The van der Waals surface area contributed by atoms with Crippen LogP contribution in [0.2, 0.25) is 0 Å². The van der Waals surface area contributed by atoms with Crippen molar-refractivity contribution in [2.75, 3.05) is 11.9 Å². The SMILES string of the molecule is c1ccc(CN2CCCC[C@@H]2c2cccnc2NC2CC2)cc1. The molecule has 1 aliphatic carbocycles. The fourth-order valence-electron chi connectivity index (χ4n) is 3.58. The zero-order chi connectivity index (χ0) is 15.5. The summed E-state index contributed by atoms with van der Waals surface area (Å²) in [6.45, 7) is 2.21. The first-order valence-corrected chi connectivity index (χ1v) is 8.89. The van der Waals surface area contributed by atoms with Gasteiger partial charge < -0.3 is 5.32 Å². The van der Waals surface area contributed by atoms with Crippen molar-refractivity contribution in [3.8, 4) is 0 Å². The number of anilines is 1. The van der Waals surface area contributed by atoms with Crippen LogP contribution in [0.15, 0.2) is 48.7 Å². The molecule has 0 spiro atoms. The Hall–Kier alpha value is -1.87. The molecule has 0 radical (unpaired) electrons. The number of hydrogen-bond acceptors (Lipinski definition) is 3. The Morgan fingerprint density at radius 1 is 1.00 bits per heavy atom. The number of benzene rings is 1. The van der Waals surface area contributed by atoms with E-state index in [1.807, 2.05) is 6.20 Å². The Morgan fingerprint density at radius 2 is 1.87 bits per heavy atom. The summed E-state index contributed by atoms with van der Waals surface area (Å²) < 4.78 is 0. The van der Waals surface area contributed by atoms with Gasteiger partial charge in [-0.2, -0.15) is 0 Å². The second kappa shape index (κ2) is 6.71. The van der Waals surface area contributed by atoms with E-state index in [4.69, 9.17) is 0 Å². The Balaban J connectivity index is 1.57. The first kappa shape index (κ1) is 14.7. The summed E-state index contributed by atoms with van der Waals surface area (Å²) in [5, 5.41) is 3.63. The Bertz CT molecular complexity index is 636. The predicted molar refractivity (Wildman–Crippen MR) is 94.3 cm³/mol. The van der Waals surface area contributed by atoms with Crippen molar-refractivity contribution < 1.29 is 0 Å². The van der Waals surface area contributed by atoms with E-state index in [1.165, 1.54) is 49.8 Å². The van der Waals surface area contributed by atoms with Gasteiger partial charge in [-0.1, -0.05) is 42.8 Å². The molecule has 0 bridgehead atoms. The summed E-state index contributed by atoms with van der Waals surface area (Å²) in [5.74, 6) is 1.11. The van der Waals surface area contributed by atoms with Gasteiger partial charge in [0, 0.05) is 30.4 Å². The molecule has 3 heteroatoms.